The Hall–Kier alpha value is -2.86. The lowest BCUT2D eigenvalue weighted by Gasteiger charge is -2.05. The summed E-state index contributed by atoms with van der Waals surface area (Å²) in [5.74, 6) is -0.483. The fraction of sp³-hybridized carbons (Fsp3) is 0. The zero-order chi connectivity index (χ0) is 13.7. The van der Waals surface area contributed by atoms with Crippen molar-refractivity contribution in [1.82, 2.24) is 0 Å². The first-order chi connectivity index (χ1) is 9.20. The SMILES string of the molecule is N#Cc1ccccc1-c1cccc(C=CC(N)=O)c1. The molecule has 0 bridgehead atoms. The van der Waals surface area contributed by atoms with Crippen LogP contribution in [0.15, 0.2) is 54.6 Å². The van der Waals surface area contributed by atoms with Gasteiger partial charge in [-0.1, -0.05) is 36.4 Å². The Morgan fingerprint density at radius 1 is 1.16 bits per heavy atom. The van der Waals surface area contributed by atoms with Crippen LogP contribution in [-0.2, 0) is 4.79 Å². The van der Waals surface area contributed by atoms with Crippen molar-refractivity contribution in [3.63, 3.8) is 0 Å². The molecule has 3 nitrogen and oxygen atoms in total. The van der Waals surface area contributed by atoms with Gasteiger partial charge in [-0.2, -0.15) is 5.26 Å². The lowest BCUT2D eigenvalue weighted by Crippen LogP contribution is -2.05. The lowest BCUT2D eigenvalue weighted by molar-refractivity contribution is -0.113. The molecule has 2 N–H and O–H groups in total. The van der Waals surface area contributed by atoms with Gasteiger partial charge >= 0.3 is 0 Å². The van der Waals surface area contributed by atoms with Crippen molar-refractivity contribution in [3.05, 3.63) is 65.7 Å². The van der Waals surface area contributed by atoms with Crippen LogP contribution in [0.2, 0.25) is 0 Å². The summed E-state index contributed by atoms with van der Waals surface area (Å²) >= 11 is 0. The lowest BCUT2D eigenvalue weighted by atomic mass is 9.98. The number of amides is 1. The van der Waals surface area contributed by atoms with E-state index in [0.717, 1.165) is 16.7 Å². The minimum Gasteiger partial charge on any atom is -0.366 e. The van der Waals surface area contributed by atoms with Gasteiger partial charge in [0.1, 0.15) is 0 Å². The molecule has 2 aromatic carbocycles. The third-order valence-electron chi connectivity index (χ3n) is 2.69. The van der Waals surface area contributed by atoms with Crippen LogP contribution < -0.4 is 5.73 Å². The molecule has 1 amide bonds. The van der Waals surface area contributed by atoms with Gasteiger partial charge in [-0.15, -0.1) is 0 Å². The highest BCUT2D eigenvalue weighted by atomic mass is 16.1. The molecule has 0 atom stereocenters. The van der Waals surface area contributed by atoms with Gasteiger partial charge in [0.25, 0.3) is 0 Å². The van der Waals surface area contributed by atoms with Crippen molar-refractivity contribution >= 4 is 12.0 Å². The second kappa shape index (κ2) is 5.65. The molecule has 0 saturated carbocycles. The number of hydrogen-bond donors (Lipinski definition) is 1. The highest BCUT2D eigenvalue weighted by Crippen LogP contribution is 2.24. The molecule has 0 aliphatic rings. The van der Waals surface area contributed by atoms with E-state index in [2.05, 4.69) is 6.07 Å². The summed E-state index contributed by atoms with van der Waals surface area (Å²) in [6.07, 6.45) is 2.97. The number of nitriles is 1. The van der Waals surface area contributed by atoms with Crippen LogP contribution in [0.3, 0.4) is 0 Å². The fourth-order valence-electron chi connectivity index (χ4n) is 1.82. The monoisotopic (exact) mass is 248 g/mol. The molecule has 92 valence electrons. The van der Waals surface area contributed by atoms with Gasteiger partial charge in [0, 0.05) is 6.08 Å². The highest BCUT2D eigenvalue weighted by Gasteiger charge is 2.03. The number of benzene rings is 2. The summed E-state index contributed by atoms with van der Waals surface area (Å²) in [5.41, 5.74) is 8.36. The van der Waals surface area contributed by atoms with Crippen LogP contribution in [0, 0.1) is 11.3 Å². The van der Waals surface area contributed by atoms with Crippen LogP contribution in [0.1, 0.15) is 11.1 Å². The van der Waals surface area contributed by atoms with E-state index >= 15 is 0 Å². The summed E-state index contributed by atoms with van der Waals surface area (Å²) < 4.78 is 0. The van der Waals surface area contributed by atoms with E-state index in [1.807, 2.05) is 42.5 Å². The summed E-state index contributed by atoms with van der Waals surface area (Å²) in [7, 11) is 0. The number of rotatable bonds is 3. The van der Waals surface area contributed by atoms with Crippen LogP contribution in [0.5, 0.6) is 0 Å². The fourth-order valence-corrected chi connectivity index (χ4v) is 1.82. The normalized spacial score (nSPS) is 10.3. The van der Waals surface area contributed by atoms with Gasteiger partial charge < -0.3 is 5.73 Å². The van der Waals surface area contributed by atoms with Gasteiger partial charge in [0.15, 0.2) is 0 Å². The first kappa shape index (κ1) is 12.6. The summed E-state index contributed by atoms with van der Waals surface area (Å²) in [5, 5.41) is 9.10. The number of hydrogen-bond acceptors (Lipinski definition) is 2. The minimum absolute atomic E-state index is 0.483. The average molecular weight is 248 g/mol. The summed E-state index contributed by atoms with van der Waals surface area (Å²) in [6, 6.07) is 17.2. The topological polar surface area (TPSA) is 66.9 Å². The van der Waals surface area contributed by atoms with Crippen LogP contribution in [0.4, 0.5) is 0 Å². The minimum atomic E-state index is -0.483. The summed E-state index contributed by atoms with van der Waals surface area (Å²) in [6.45, 7) is 0. The van der Waals surface area contributed by atoms with Gasteiger partial charge in [0.05, 0.1) is 11.6 Å². The van der Waals surface area contributed by atoms with Crippen LogP contribution in [-0.4, -0.2) is 5.91 Å². The third-order valence-corrected chi connectivity index (χ3v) is 2.69. The number of carbonyl (C=O) groups is 1. The maximum atomic E-state index is 10.7. The van der Waals surface area contributed by atoms with E-state index in [0.29, 0.717) is 5.56 Å². The Balaban J connectivity index is 2.44. The van der Waals surface area contributed by atoms with Crippen LogP contribution >= 0.6 is 0 Å². The van der Waals surface area contributed by atoms with Crippen molar-refractivity contribution < 1.29 is 4.79 Å². The second-order valence-corrected chi connectivity index (χ2v) is 4.02. The van der Waals surface area contributed by atoms with Gasteiger partial charge in [-0.05, 0) is 34.9 Å². The zero-order valence-corrected chi connectivity index (χ0v) is 10.2. The maximum absolute atomic E-state index is 10.7. The molecule has 0 radical (unpaired) electrons. The molecule has 3 heteroatoms. The highest BCUT2D eigenvalue weighted by molar-refractivity contribution is 5.90. The van der Waals surface area contributed by atoms with E-state index in [-0.39, 0.29) is 0 Å². The molecular formula is C16H12N2O. The molecule has 19 heavy (non-hydrogen) atoms. The second-order valence-electron chi connectivity index (χ2n) is 4.02. The van der Waals surface area contributed by atoms with Crippen molar-refractivity contribution in [2.45, 2.75) is 0 Å². The van der Waals surface area contributed by atoms with E-state index < -0.39 is 5.91 Å². The van der Waals surface area contributed by atoms with Crippen molar-refractivity contribution in [2.24, 2.45) is 5.73 Å². The van der Waals surface area contributed by atoms with Gasteiger partial charge in [-0.25, -0.2) is 0 Å². The molecule has 0 unspecified atom stereocenters. The molecule has 2 rings (SSSR count). The zero-order valence-electron chi connectivity index (χ0n) is 10.2. The smallest absolute Gasteiger partial charge is 0.241 e. The van der Waals surface area contributed by atoms with Crippen molar-refractivity contribution in [1.29, 1.82) is 5.26 Å². The van der Waals surface area contributed by atoms with Crippen molar-refractivity contribution in [2.75, 3.05) is 0 Å². The number of primary amides is 1. The summed E-state index contributed by atoms with van der Waals surface area (Å²) in [4.78, 5) is 10.7. The standard InChI is InChI=1S/C16H12N2O/c17-11-14-5-1-2-7-15(14)13-6-3-4-12(10-13)8-9-16(18)19/h1-10H,(H2,18,19). The van der Waals surface area contributed by atoms with Crippen LogP contribution in [0.25, 0.3) is 17.2 Å². The Bertz CT molecular complexity index is 681. The van der Waals surface area contributed by atoms with Gasteiger partial charge in [-0.3, -0.25) is 4.79 Å². The molecule has 0 aliphatic carbocycles. The Labute approximate surface area is 111 Å². The first-order valence-electron chi connectivity index (χ1n) is 5.78. The first-order valence-corrected chi connectivity index (χ1v) is 5.78. The number of nitrogens with zero attached hydrogens (tertiary/aromatic N) is 1. The van der Waals surface area contributed by atoms with Crippen molar-refractivity contribution in [3.8, 4) is 17.2 Å². The van der Waals surface area contributed by atoms with E-state index in [1.165, 1.54) is 6.08 Å². The molecule has 2 aromatic rings. The largest absolute Gasteiger partial charge is 0.366 e. The Morgan fingerprint density at radius 2 is 1.95 bits per heavy atom. The molecular weight excluding hydrogens is 236 g/mol. The predicted octanol–water partition coefficient (Wildman–Crippen LogP) is 2.72. The van der Waals surface area contributed by atoms with E-state index in [9.17, 15) is 4.79 Å². The number of carbonyl (C=O) groups excluding carboxylic acids is 1. The molecule has 0 aliphatic heterocycles. The Morgan fingerprint density at radius 3 is 2.68 bits per heavy atom. The van der Waals surface area contributed by atoms with Gasteiger partial charge in [0.2, 0.25) is 5.91 Å². The number of nitrogens with two attached hydrogens (primary N) is 1. The molecule has 0 aromatic heterocycles. The predicted molar refractivity (Wildman–Crippen MR) is 74.8 cm³/mol. The van der Waals surface area contributed by atoms with E-state index in [1.54, 1.807) is 12.1 Å². The maximum Gasteiger partial charge on any atom is 0.241 e. The quantitative estimate of drug-likeness (QED) is 0.848. The Kier molecular flexibility index (Phi) is 3.75. The molecule has 0 spiro atoms. The molecule has 0 saturated heterocycles. The molecule has 0 heterocycles. The molecule has 0 fully saturated rings. The van der Waals surface area contributed by atoms with E-state index in [4.69, 9.17) is 11.0 Å². The average Bonchev–Trinajstić information content (AvgIpc) is 2.45. The third kappa shape index (κ3) is 3.08.